The Balaban J connectivity index is 1.64. The smallest absolute Gasteiger partial charge is 0.345 e. The zero-order chi connectivity index (χ0) is 18.7. The Bertz CT molecular complexity index is 965. The molecule has 0 radical (unpaired) electrons. The number of hydrogen-bond acceptors (Lipinski definition) is 5. The summed E-state index contributed by atoms with van der Waals surface area (Å²) in [6, 6.07) is 9.01. The van der Waals surface area contributed by atoms with E-state index in [4.69, 9.17) is 0 Å². The number of aromatic nitrogens is 4. The lowest BCUT2D eigenvalue weighted by Crippen LogP contribution is -2.21. The van der Waals surface area contributed by atoms with Crippen LogP contribution in [0.5, 0.6) is 0 Å². The molecule has 26 heavy (non-hydrogen) atoms. The number of aryl methyl sites for hydroxylation is 1. The van der Waals surface area contributed by atoms with E-state index in [1.165, 1.54) is 18.2 Å². The van der Waals surface area contributed by atoms with Crippen LogP contribution in [0, 0.1) is 22.9 Å². The van der Waals surface area contributed by atoms with E-state index in [2.05, 4.69) is 15.5 Å². The molecule has 3 rings (SSSR count). The van der Waals surface area contributed by atoms with Crippen LogP contribution in [0.2, 0.25) is 0 Å². The molecule has 3 aromatic rings. The van der Waals surface area contributed by atoms with E-state index in [0.717, 1.165) is 10.2 Å². The van der Waals surface area contributed by atoms with E-state index in [-0.39, 0.29) is 24.0 Å². The molecule has 0 unspecified atom stereocenters. The summed E-state index contributed by atoms with van der Waals surface area (Å²) in [5, 5.41) is 21.6. The maximum absolute atomic E-state index is 13.2. The number of anilines is 1. The minimum absolute atomic E-state index is 0.255. The fourth-order valence-corrected chi connectivity index (χ4v) is 2.45. The molecule has 1 aromatic carbocycles. The molecule has 1 N–H and O–H groups in total. The molecule has 0 aliphatic carbocycles. The average Bonchev–Trinajstić information content (AvgIpc) is 3.13. The maximum Gasteiger partial charge on any atom is 0.345 e. The predicted octanol–water partition coefficient (Wildman–Crippen LogP) is 2.12. The van der Waals surface area contributed by atoms with E-state index in [9.17, 15) is 19.3 Å². The highest BCUT2D eigenvalue weighted by Crippen LogP contribution is 2.13. The standard InChI is InChI=1S/C16H15FN6O3/c1-11-7-16(23(25)26)22(19-11)10-15(24)18-14-5-6-21(20-14)9-12-3-2-4-13(17)8-12/h2-8H,9-10H2,1H3,(H,18,20,24). The summed E-state index contributed by atoms with van der Waals surface area (Å²) in [4.78, 5) is 22.4. The van der Waals surface area contributed by atoms with Crippen molar-refractivity contribution in [3.05, 3.63) is 69.8 Å². The Morgan fingerprint density at radius 3 is 2.85 bits per heavy atom. The summed E-state index contributed by atoms with van der Waals surface area (Å²) in [6.07, 6.45) is 1.64. The molecule has 0 aliphatic heterocycles. The molecule has 9 nitrogen and oxygen atoms in total. The third-order valence-corrected chi connectivity index (χ3v) is 3.50. The lowest BCUT2D eigenvalue weighted by atomic mass is 10.2. The molecule has 2 heterocycles. The number of rotatable bonds is 6. The van der Waals surface area contributed by atoms with Gasteiger partial charge in [0.15, 0.2) is 12.4 Å². The van der Waals surface area contributed by atoms with Crippen molar-refractivity contribution in [3.8, 4) is 0 Å². The van der Waals surface area contributed by atoms with Crippen molar-refractivity contribution in [2.75, 3.05) is 5.32 Å². The van der Waals surface area contributed by atoms with Gasteiger partial charge in [0.2, 0.25) is 0 Å². The number of halogens is 1. The second-order valence-corrected chi connectivity index (χ2v) is 5.64. The molecular formula is C16H15FN6O3. The summed E-state index contributed by atoms with van der Waals surface area (Å²) in [6.45, 7) is 1.65. The van der Waals surface area contributed by atoms with Crippen LogP contribution in [0.25, 0.3) is 0 Å². The number of amides is 1. The Morgan fingerprint density at radius 2 is 2.12 bits per heavy atom. The first kappa shape index (κ1) is 17.3. The molecule has 134 valence electrons. The van der Waals surface area contributed by atoms with Gasteiger partial charge in [0.1, 0.15) is 5.82 Å². The third-order valence-electron chi connectivity index (χ3n) is 3.50. The topological polar surface area (TPSA) is 108 Å². The van der Waals surface area contributed by atoms with Gasteiger partial charge in [-0.1, -0.05) is 17.2 Å². The number of carbonyl (C=O) groups is 1. The van der Waals surface area contributed by atoms with Crippen molar-refractivity contribution >= 4 is 17.5 Å². The average molecular weight is 358 g/mol. The van der Waals surface area contributed by atoms with E-state index < -0.39 is 10.8 Å². The van der Waals surface area contributed by atoms with E-state index in [0.29, 0.717) is 12.2 Å². The molecule has 1 amide bonds. The number of nitrogens with zero attached hydrogens (tertiary/aromatic N) is 5. The fraction of sp³-hybridized carbons (Fsp3) is 0.188. The van der Waals surface area contributed by atoms with Crippen molar-refractivity contribution in [3.63, 3.8) is 0 Å². The van der Waals surface area contributed by atoms with E-state index in [1.54, 1.807) is 36.0 Å². The largest absolute Gasteiger partial charge is 0.358 e. The van der Waals surface area contributed by atoms with Crippen molar-refractivity contribution < 1.29 is 14.1 Å². The molecule has 10 heteroatoms. The molecule has 0 aliphatic rings. The predicted molar refractivity (Wildman–Crippen MR) is 90.0 cm³/mol. The van der Waals surface area contributed by atoms with Gasteiger partial charge in [-0.05, 0) is 29.5 Å². The van der Waals surface area contributed by atoms with Gasteiger partial charge in [0.05, 0.1) is 18.3 Å². The molecule has 0 spiro atoms. The second-order valence-electron chi connectivity index (χ2n) is 5.64. The molecule has 2 aromatic heterocycles. The van der Waals surface area contributed by atoms with Crippen LogP contribution in [0.4, 0.5) is 16.0 Å². The number of hydrogen-bond donors (Lipinski definition) is 1. The molecule has 0 atom stereocenters. The summed E-state index contributed by atoms with van der Waals surface area (Å²) < 4.78 is 15.8. The fourth-order valence-electron chi connectivity index (χ4n) is 2.45. The van der Waals surface area contributed by atoms with Crippen molar-refractivity contribution in [2.45, 2.75) is 20.0 Å². The lowest BCUT2D eigenvalue weighted by Gasteiger charge is -2.03. The van der Waals surface area contributed by atoms with Crippen LogP contribution < -0.4 is 5.32 Å². The van der Waals surface area contributed by atoms with Gasteiger partial charge in [-0.25, -0.2) is 4.39 Å². The molecule has 0 saturated heterocycles. The van der Waals surface area contributed by atoms with Crippen LogP contribution in [0.15, 0.2) is 42.6 Å². The highest BCUT2D eigenvalue weighted by atomic mass is 19.1. The van der Waals surface area contributed by atoms with Crippen molar-refractivity contribution in [1.29, 1.82) is 0 Å². The van der Waals surface area contributed by atoms with Crippen molar-refractivity contribution in [1.82, 2.24) is 19.6 Å². The first-order valence-electron chi connectivity index (χ1n) is 7.67. The van der Waals surface area contributed by atoms with Gasteiger partial charge >= 0.3 is 5.82 Å². The Labute approximate surface area is 147 Å². The SMILES string of the molecule is Cc1cc([N+](=O)[O-])n(CC(=O)Nc2ccn(Cc3cccc(F)c3)n2)n1. The third kappa shape index (κ3) is 4.09. The number of carbonyl (C=O) groups excluding carboxylic acids is 1. The molecular weight excluding hydrogens is 343 g/mol. The van der Waals surface area contributed by atoms with Crippen LogP contribution in [-0.2, 0) is 17.9 Å². The summed E-state index contributed by atoms with van der Waals surface area (Å²) in [5.74, 6) is -0.793. The maximum atomic E-state index is 13.2. The highest BCUT2D eigenvalue weighted by molar-refractivity contribution is 5.89. The normalized spacial score (nSPS) is 10.7. The monoisotopic (exact) mass is 358 g/mol. The molecule has 0 bridgehead atoms. The zero-order valence-corrected chi connectivity index (χ0v) is 13.8. The van der Waals surface area contributed by atoms with Gasteiger partial charge in [0, 0.05) is 12.3 Å². The minimum atomic E-state index is -0.596. The van der Waals surface area contributed by atoms with Gasteiger partial charge < -0.3 is 15.4 Å². The van der Waals surface area contributed by atoms with Gasteiger partial charge in [-0.3, -0.25) is 9.48 Å². The first-order chi connectivity index (χ1) is 12.4. The van der Waals surface area contributed by atoms with Crippen LogP contribution in [0.1, 0.15) is 11.3 Å². The van der Waals surface area contributed by atoms with E-state index >= 15 is 0 Å². The van der Waals surface area contributed by atoms with Crippen LogP contribution in [-0.4, -0.2) is 30.4 Å². The minimum Gasteiger partial charge on any atom is -0.358 e. The quantitative estimate of drug-likeness (QED) is 0.536. The van der Waals surface area contributed by atoms with Gasteiger partial charge in [-0.15, -0.1) is 4.68 Å². The van der Waals surface area contributed by atoms with Gasteiger partial charge in [-0.2, -0.15) is 5.10 Å². The van der Waals surface area contributed by atoms with Crippen LogP contribution >= 0.6 is 0 Å². The molecule has 0 fully saturated rings. The lowest BCUT2D eigenvalue weighted by molar-refractivity contribution is -0.392. The highest BCUT2D eigenvalue weighted by Gasteiger charge is 2.19. The Kier molecular flexibility index (Phi) is 4.74. The van der Waals surface area contributed by atoms with Crippen LogP contribution in [0.3, 0.4) is 0 Å². The summed E-state index contributed by atoms with van der Waals surface area (Å²) in [7, 11) is 0. The number of nitro groups is 1. The first-order valence-corrected chi connectivity index (χ1v) is 7.67. The van der Waals surface area contributed by atoms with Crippen molar-refractivity contribution in [2.24, 2.45) is 0 Å². The Hall–Kier alpha value is -3.56. The molecule has 0 saturated carbocycles. The zero-order valence-electron chi connectivity index (χ0n) is 13.8. The summed E-state index contributed by atoms with van der Waals surface area (Å²) in [5.41, 5.74) is 1.18. The number of nitrogens with one attached hydrogen (secondary N) is 1. The number of benzene rings is 1. The van der Waals surface area contributed by atoms with E-state index in [1.807, 2.05) is 0 Å². The second kappa shape index (κ2) is 7.13. The van der Waals surface area contributed by atoms with Gasteiger partial charge in [0.25, 0.3) is 5.91 Å². The summed E-state index contributed by atoms with van der Waals surface area (Å²) >= 11 is 0. The Morgan fingerprint density at radius 1 is 1.31 bits per heavy atom.